The largest absolute Gasteiger partial charge is 0.393 e. The number of carbonyl (C=O) groups excluding carboxylic acids is 1. The minimum Gasteiger partial charge on any atom is -0.393 e. The topological polar surface area (TPSA) is 119 Å². The lowest BCUT2D eigenvalue weighted by Gasteiger charge is -2.29. The molecule has 0 unspecified atom stereocenters. The number of aliphatic hydroxyl groups is 1. The van der Waals surface area contributed by atoms with Crippen LogP contribution in [0.1, 0.15) is 36.2 Å². The summed E-state index contributed by atoms with van der Waals surface area (Å²) in [5.74, 6) is 0.673. The predicted octanol–water partition coefficient (Wildman–Crippen LogP) is 1.92. The number of hydrogen-bond donors (Lipinski definition) is 2. The van der Waals surface area contributed by atoms with Gasteiger partial charge in [-0.3, -0.25) is 4.79 Å². The molecule has 2 aliphatic rings. The maximum absolute atomic E-state index is 13.1. The first kappa shape index (κ1) is 18.0. The average molecular weight is 409 g/mol. The van der Waals surface area contributed by atoms with Gasteiger partial charge < -0.3 is 15.3 Å². The highest BCUT2D eigenvalue weighted by Gasteiger charge is 2.43. The van der Waals surface area contributed by atoms with Gasteiger partial charge in [0.25, 0.3) is 5.91 Å². The molecule has 1 amide bonds. The molecule has 3 aromatic rings. The molecule has 0 radical (unpaired) electrons. The van der Waals surface area contributed by atoms with E-state index in [0.29, 0.717) is 37.6 Å². The Morgan fingerprint density at radius 2 is 2.14 bits per heavy atom. The van der Waals surface area contributed by atoms with Gasteiger partial charge in [-0.05, 0) is 25.7 Å². The number of anilines is 1. The zero-order chi connectivity index (χ0) is 20.0. The van der Waals surface area contributed by atoms with Crippen molar-refractivity contribution in [3.63, 3.8) is 0 Å². The van der Waals surface area contributed by atoms with Crippen LogP contribution in [0.25, 0.3) is 16.2 Å². The smallest absolute Gasteiger partial charge is 0.272 e. The number of fused-ring (bicyclic) bond motifs is 1. The standard InChI is InChI=1S/C19H19N7O2S/c20-11-19(3-4-19)24-15-9-14(17(28)25-5-1-12(27)2-6-25)22-16(23-15)13-10-21-26-7-8-29-18(13)26/h7-10,12,27H,1-6H2,(H,22,23,24). The third kappa shape index (κ3) is 3.32. The Balaban J connectivity index is 1.54. The van der Waals surface area contributed by atoms with Crippen LogP contribution in [0, 0.1) is 11.3 Å². The van der Waals surface area contributed by atoms with E-state index in [0.717, 1.165) is 23.2 Å². The Morgan fingerprint density at radius 1 is 1.34 bits per heavy atom. The van der Waals surface area contributed by atoms with E-state index >= 15 is 0 Å². The molecule has 29 heavy (non-hydrogen) atoms. The normalized spacial score (nSPS) is 18.6. The van der Waals surface area contributed by atoms with Crippen LogP contribution >= 0.6 is 11.3 Å². The number of rotatable bonds is 4. The summed E-state index contributed by atoms with van der Waals surface area (Å²) in [4.78, 5) is 24.8. The lowest BCUT2D eigenvalue weighted by Crippen LogP contribution is -2.40. The zero-order valence-electron chi connectivity index (χ0n) is 15.6. The number of likely N-dealkylation sites (tertiary alicyclic amines) is 1. The summed E-state index contributed by atoms with van der Waals surface area (Å²) in [5.41, 5.74) is 0.408. The molecule has 1 aliphatic heterocycles. The molecule has 0 bridgehead atoms. The summed E-state index contributed by atoms with van der Waals surface area (Å²) in [5, 5.41) is 28.6. The molecule has 0 atom stereocenters. The van der Waals surface area contributed by atoms with Gasteiger partial charge in [0.1, 0.15) is 21.9 Å². The number of aromatic nitrogens is 4. The van der Waals surface area contributed by atoms with E-state index in [2.05, 4.69) is 26.5 Å². The number of hydrogen-bond acceptors (Lipinski definition) is 8. The first-order chi connectivity index (χ1) is 14.1. The second kappa shape index (κ2) is 6.79. The van der Waals surface area contributed by atoms with E-state index in [-0.39, 0.29) is 17.7 Å². The molecule has 3 aromatic heterocycles. The molecule has 1 aliphatic carbocycles. The van der Waals surface area contributed by atoms with Gasteiger partial charge in [0.15, 0.2) is 5.82 Å². The number of nitriles is 1. The number of nitrogens with one attached hydrogen (secondary N) is 1. The fourth-order valence-electron chi connectivity index (χ4n) is 3.49. The molecule has 1 saturated heterocycles. The van der Waals surface area contributed by atoms with Gasteiger partial charge >= 0.3 is 0 Å². The first-order valence-electron chi connectivity index (χ1n) is 9.54. The molecule has 5 rings (SSSR count). The summed E-state index contributed by atoms with van der Waals surface area (Å²) >= 11 is 1.52. The molecule has 4 heterocycles. The Morgan fingerprint density at radius 3 is 2.86 bits per heavy atom. The van der Waals surface area contributed by atoms with Crippen LogP contribution in [0.2, 0.25) is 0 Å². The third-order valence-corrected chi connectivity index (χ3v) is 6.29. The van der Waals surface area contributed by atoms with E-state index in [1.165, 1.54) is 11.3 Å². The van der Waals surface area contributed by atoms with Gasteiger partial charge in [0, 0.05) is 30.7 Å². The highest BCUT2D eigenvalue weighted by atomic mass is 32.1. The molecule has 0 aromatic carbocycles. The van der Waals surface area contributed by atoms with Crippen molar-refractivity contribution in [1.29, 1.82) is 5.26 Å². The molecule has 10 heteroatoms. The van der Waals surface area contributed by atoms with Crippen molar-refractivity contribution in [3.8, 4) is 17.5 Å². The van der Waals surface area contributed by atoms with Crippen LogP contribution in [0.4, 0.5) is 5.82 Å². The summed E-state index contributed by atoms with van der Waals surface area (Å²) in [7, 11) is 0. The Bertz CT molecular complexity index is 1120. The number of piperidine rings is 1. The molecule has 0 spiro atoms. The molecular formula is C19H19N7O2S. The quantitative estimate of drug-likeness (QED) is 0.675. The van der Waals surface area contributed by atoms with Crippen molar-refractivity contribution in [2.45, 2.75) is 37.3 Å². The van der Waals surface area contributed by atoms with Crippen LogP contribution in [-0.2, 0) is 0 Å². The Hall–Kier alpha value is -3.03. The van der Waals surface area contributed by atoms with Crippen molar-refractivity contribution < 1.29 is 9.90 Å². The minimum atomic E-state index is -0.613. The van der Waals surface area contributed by atoms with Gasteiger partial charge in [0.2, 0.25) is 0 Å². The predicted molar refractivity (Wildman–Crippen MR) is 106 cm³/mol. The highest BCUT2D eigenvalue weighted by Crippen LogP contribution is 2.38. The van der Waals surface area contributed by atoms with Crippen molar-refractivity contribution in [2.75, 3.05) is 18.4 Å². The van der Waals surface area contributed by atoms with Gasteiger partial charge in [-0.1, -0.05) is 0 Å². The minimum absolute atomic E-state index is 0.194. The SMILES string of the molecule is N#CC1(Nc2cc(C(=O)N3CCC(O)CC3)nc(-c3cnn4ccsc34)n2)CC1. The number of thiazole rings is 1. The number of nitrogens with zero attached hydrogens (tertiary/aromatic N) is 6. The number of carbonyl (C=O) groups is 1. The Kier molecular flexibility index (Phi) is 4.22. The maximum atomic E-state index is 13.1. The van der Waals surface area contributed by atoms with Crippen molar-refractivity contribution in [3.05, 3.63) is 29.5 Å². The van der Waals surface area contributed by atoms with Crippen molar-refractivity contribution >= 4 is 27.9 Å². The molecule has 2 fully saturated rings. The van der Waals surface area contributed by atoms with Gasteiger partial charge in [-0.25, -0.2) is 14.5 Å². The lowest BCUT2D eigenvalue weighted by atomic mass is 10.1. The monoisotopic (exact) mass is 409 g/mol. The zero-order valence-corrected chi connectivity index (χ0v) is 16.4. The third-order valence-electron chi connectivity index (χ3n) is 5.40. The van der Waals surface area contributed by atoms with E-state index in [1.807, 2.05) is 11.6 Å². The van der Waals surface area contributed by atoms with Gasteiger partial charge in [-0.2, -0.15) is 10.4 Å². The fraction of sp³-hybridized carbons (Fsp3) is 0.421. The molecule has 2 N–H and O–H groups in total. The summed E-state index contributed by atoms with van der Waals surface area (Å²) in [6.07, 6.45) is 5.80. The summed E-state index contributed by atoms with van der Waals surface area (Å²) < 4.78 is 1.74. The maximum Gasteiger partial charge on any atom is 0.272 e. The molecule has 148 valence electrons. The summed E-state index contributed by atoms with van der Waals surface area (Å²) in [6, 6.07) is 3.90. The molecule has 9 nitrogen and oxygen atoms in total. The average Bonchev–Trinajstić information content (AvgIpc) is 3.15. The van der Waals surface area contributed by atoms with E-state index in [4.69, 9.17) is 0 Å². The molecular weight excluding hydrogens is 390 g/mol. The number of aliphatic hydroxyl groups excluding tert-OH is 1. The highest BCUT2D eigenvalue weighted by molar-refractivity contribution is 7.16. The van der Waals surface area contributed by atoms with Gasteiger partial charge in [0.05, 0.1) is 23.9 Å². The lowest BCUT2D eigenvalue weighted by molar-refractivity contribution is 0.0541. The van der Waals surface area contributed by atoms with E-state index < -0.39 is 5.54 Å². The van der Waals surface area contributed by atoms with Crippen LogP contribution in [-0.4, -0.2) is 60.2 Å². The van der Waals surface area contributed by atoms with Crippen molar-refractivity contribution in [2.24, 2.45) is 0 Å². The van der Waals surface area contributed by atoms with Crippen LogP contribution in [0.5, 0.6) is 0 Å². The first-order valence-corrected chi connectivity index (χ1v) is 10.4. The van der Waals surface area contributed by atoms with Gasteiger partial charge in [-0.15, -0.1) is 11.3 Å². The molecule has 1 saturated carbocycles. The summed E-state index contributed by atoms with van der Waals surface area (Å²) in [6.45, 7) is 0.986. The van der Waals surface area contributed by atoms with E-state index in [1.54, 1.807) is 21.7 Å². The fourth-order valence-corrected chi connectivity index (χ4v) is 4.28. The van der Waals surface area contributed by atoms with Crippen LogP contribution in [0.3, 0.4) is 0 Å². The second-order valence-electron chi connectivity index (χ2n) is 7.52. The second-order valence-corrected chi connectivity index (χ2v) is 8.41. The number of amides is 1. The van der Waals surface area contributed by atoms with Crippen molar-refractivity contribution in [1.82, 2.24) is 24.5 Å². The van der Waals surface area contributed by atoms with E-state index in [9.17, 15) is 15.2 Å². The van der Waals surface area contributed by atoms with Crippen LogP contribution in [0.15, 0.2) is 23.8 Å². The van der Waals surface area contributed by atoms with Crippen LogP contribution < -0.4 is 5.32 Å². The Labute approximate surface area is 170 Å².